The number of rotatable bonds is 2. The maximum Gasteiger partial charge on any atom is 0.0404 e. The molecule has 0 bridgehead atoms. The van der Waals surface area contributed by atoms with Gasteiger partial charge in [0.15, 0.2) is 0 Å². The first-order chi connectivity index (χ1) is 7.29. The van der Waals surface area contributed by atoms with Crippen molar-refractivity contribution in [1.29, 1.82) is 0 Å². The van der Waals surface area contributed by atoms with Crippen LogP contribution in [0.15, 0.2) is 52.1 Å². The summed E-state index contributed by atoms with van der Waals surface area (Å²) in [5.74, 6) is 0. The maximum atomic E-state index is 4.23. The number of hydrogen-bond donors (Lipinski definition) is 0. The number of thioether (sulfide) groups is 1. The zero-order valence-corrected chi connectivity index (χ0v) is 10.7. The molecule has 0 saturated carbocycles. The van der Waals surface area contributed by atoms with Crippen molar-refractivity contribution < 1.29 is 0 Å². The summed E-state index contributed by atoms with van der Waals surface area (Å²) in [6.07, 6.45) is 5.83. The molecule has 1 heterocycles. The lowest BCUT2D eigenvalue weighted by Gasteiger charge is -2.03. The second kappa shape index (κ2) is 4.81. The Kier molecular flexibility index (Phi) is 3.44. The van der Waals surface area contributed by atoms with Crippen molar-refractivity contribution >= 4 is 27.7 Å². The van der Waals surface area contributed by atoms with Gasteiger partial charge in [-0.1, -0.05) is 28.1 Å². The summed E-state index contributed by atoms with van der Waals surface area (Å²) < 4.78 is 1.09. The van der Waals surface area contributed by atoms with Crippen LogP contribution in [0.4, 0.5) is 0 Å². The van der Waals surface area contributed by atoms with E-state index in [9.17, 15) is 0 Å². The van der Waals surface area contributed by atoms with Gasteiger partial charge in [-0.05, 0) is 30.0 Å². The van der Waals surface area contributed by atoms with E-state index in [4.69, 9.17) is 0 Å². The first-order valence-electron chi connectivity index (χ1n) is 4.54. The van der Waals surface area contributed by atoms with Crippen LogP contribution in [0.25, 0.3) is 11.1 Å². The molecule has 0 spiro atoms. The van der Waals surface area contributed by atoms with Crippen LogP contribution in [0.1, 0.15) is 0 Å². The standard InChI is InChI=1S/C12H10BrNS/c1-15-12-6-10(7-14-8-12)9-3-2-4-11(13)5-9/h2-8H,1H3. The van der Waals surface area contributed by atoms with Crippen molar-refractivity contribution in [3.8, 4) is 11.1 Å². The molecule has 0 aliphatic heterocycles. The Hall–Kier alpha value is -0.800. The molecule has 0 atom stereocenters. The molecule has 0 N–H and O–H groups in total. The first-order valence-corrected chi connectivity index (χ1v) is 6.56. The van der Waals surface area contributed by atoms with Gasteiger partial charge < -0.3 is 0 Å². The molecule has 2 rings (SSSR count). The molecule has 0 saturated heterocycles. The molecule has 1 aromatic carbocycles. The summed E-state index contributed by atoms with van der Waals surface area (Å²) in [6, 6.07) is 10.4. The lowest BCUT2D eigenvalue weighted by atomic mass is 10.1. The summed E-state index contributed by atoms with van der Waals surface area (Å²) in [7, 11) is 0. The fourth-order valence-corrected chi connectivity index (χ4v) is 2.17. The number of hydrogen-bond acceptors (Lipinski definition) is 2. The topological polar surface area (TPSA) is 12.9 Å². The monoisotopic (exact) mass is 279 g/mol. The minimum atomic E-state index is 1.09. The van der Waals surface area contributed by atoms with Gasteiger partial charge in [0.25, 0.3) is 0 Å². The molecular weight excluding hydrogens is 270 g/mol. The molecule has 0 fully saturated rings. The van der Waals surface area contributed by atoms with E-state index >= 15 is 0 Å². The lowest BCUT2D eigenvalue weighted by molar-refractivity contribution is 1.24. The summed E-state index contributed by atoms with van der Waals surface area (Å²) in [4.78, 5) is 5.41. The molecule has 0 aliphatic rings. The third-order valence-electron chi connectivity index (χ3n) is 2.11. The highest BCUT2D eigenvalue weighted by molar-refractivity contribution is 9.10. The number of nitrogens with zero attached hydrogens (tertiary/aromatic N) is 1. The van der Waals surface area contributed by atoms with Crippen LogP contribution in [-0.2, 0) is 0 Å². The summed E-state index contributed by atoms with van der Waals surface area (Å²) in [5.41, 5.74) is 2.34. The molecule has 0 amide bonds. The van der Waals surface area contributed by atoms with E-state index in [1.54, 1.807) is 11.8 Å². The Morgan fingerprint density at radius 2 is 2.00 bits per heavy atom. The highest BCUT2D eigenvalue weighted by atomic mass is 79.9. The van der Waals surface area contributed by atoms with Crippen molar-refractivity contribution in [2.75, 3.05) is 6.26 Å². The Morgan fingerprint density at radius 1 is 1.13 bits per heavy atom. The number of benzene rings is 1. The van der Waals surface area contributed by atoms with Crippen molar-refractivity contribution in [3.05, 3.63) is 47.2 Å². The number of aromatic nitrogens is 1. The summed E-state index contributed by atoms with van der Waals surface area (Å²) in [6.45, 7) is 0. The van der Waals surface area contributed by atoms with Gasteiger partial charge in [-0.2, -0.15) is 0 Å². The van der Waals surface area contributed by atoms with Crippen molar-refractivity contribution in [1.82, 2.24) is 4.98 Å². The van der Waals surface area contributed by atoms with Crippen LogP contribution in [0, 0.1) is 0 Å². The molecule has 15 heavy (non-hydrogen) atoms. The summed E-state index contributed by atoms with van der Waals surface area (Å²) in [5, 5.41) is 0. The van der Waals surface area contributed by atoms with Crippen LogP contribution in [-0.4, -0.2) is 11.2 Å². The Balaban J connectivity index is 2.44. The van der Waals surface area contributed by atoms with Gasteiger partial charge in [0.05, 0.1) is 0 Å². The van der Waals surface area contributed by atoms with E-state index in [1.165, 1.54) is 10.5 Å². The average Bonchev–Trinajstić information content (AvgIpc) is 2.29. The first kappa shape index (κ1) is 10.7. The molecule has 0 unspecified atom stereocenters. The van der Waals surface area contributed by atoms with E-state index in [-0.39, 0.29) is 0 Å². The predicted molar refractivity (Wildman–Crippen MR) is 69.2 cm³/mol. The maximum absolute atomic E-state index is 4.23. The van der Waals surface area contributed by atoms with E-state index in [1.807, 2.05) is 24.5 Å². The quantitative estimate of drug-likeness (QED) is 0.763. The van der Waals surface area contributed by atoms with Crippen molar-refractivity contribution in [2.45, 2.75) is 4.90 Å². The van der Waals surface area contributed by atoms with E-state index < -0.39 is 0 Å². The van der Waals surface area contributed by atoms with Gasteiger partial charge in [0, 0.05) is 27.3 Å². The van der Waals surface area contributed by atoms with Gasteiger partial charge in [0.1, 0.15) is 0 Å². The van der Waals surface area contributed by atoms with Crippen molar-refractivity contribution in [2.24, 2.45) is 0 Å². The molecule has 0 aliphatic carbocycles. The van der Waals surface area contributed by atoms with Crippen LogP contribution in [0.3, 0.4) is 0 Å². The molecule has 76 valence electrons. The van der Waals surface area contributed by atoms with Gasteiger partial charge in [-0.15, -0.1) is 11.8 Å². The molecule has 1 nitrogen and oxygen atoms in total. The third kappa shape index (κ3) is 2.61. The van der Waals surface area contributed by atoms with Gasteiger partial charge in [-0.25, -0.2) is 0 Å². The fraction of sp³-hybridized carbons (Fsp3) is 0.0833. The molecule has 0 radical (unpaired) electrons. The number of pyridine rings is 1. The fourth-order valence-electron chi connectivity index (χ4n) is 1.36. The lowest BCUT2D eigenvalue weighted by Crippen LogP contribution is -1.81. The number of halogens is 1. The summed E-state index contributed by atoms with van der Waals surface area (Å²) >= 11 is 5.18. The largest absolute Gasteiger partial charge is 0.263 e. The van der Waals surface area contributed by atoms with E-state index in [0.29, 0.717) is 0 Å². The molecule has 3 heteroatoms. The Labute approximate surface area is 102 Å². The zero-order chi connectivity index (χ0) is 10.7. The molecule has 1 aromatic heterocycles. The SMILES string of the molecule is CSc1cncc(-c2cccc(Br)c2)c1. The second-order valence-corrected chi connectivity index (χ2v) is 4.92. The normalized spacial score (nSPS) is 10.3. The third-order valence-corrected chi connectivity index (χ3v) is 3.29. The van der Waals surface area contributed by atoms with E-state index in [0.717, 1.165) is 10.0 Å². The van der Waals surface area contributed by atoms with Crippen LogP contribution < -0.4 is 0 Å². The van der Waals surface area contributed by atoms with E-state index in [2.05, 4.69) is 45.4 Å². The van der Waals surface area contributed by atoms with Crippen LogP contribution >= 0.6 is 27.7 Å². The van der Waals surface area contributed by atoms with Gasteiger partial charge in [0.2, 0.25) is 0 Å². The average molecular weight is 280 g/mol. The minimum Gasteiger partial charge on any atom is -0.263 e. The second-order valence-electron chi connectivity index (χ2n) is 3.12. The highest BCUT2D eigenvalue weighted by Gasteiger charge is 1.99. The van der Waals surface area contributed by atoms with Crippen LogP contribution in [0.5, 0.6) is 0 Å². The van der Waals surface area contributed by atoms with Gasteiger partial charge >= 0.3 is 0 Å². The predicted octanol–water partition coefficient (Wildman–Crippen LogP) is 4.23. The smallest absolute Gasteiger partial charge is 0.0404 e. The molecular formula is C12H10BrNS. The van der Waals surface area contributed by atoms with Crippen molar-refractivity contribution in [3.63, 3.8) is 0 Å². The Bertz CT molecular complexity index is 471. The zero-order valence-electron chi connectivity index (χ0n) is 8.27. The minimum absolute atomic E-state index is 1.09. The Morgan fingerprint density at radius 3 is 2.73 bits per heavy atom. The highest BCUT2D eigenvalue weighted by Crippen LogP contribution is 2.25. The van der Waals surface area contributed by atoms with Crippen LogP contribution in [0.2, 0.25) is 0 Å². The molecule has 2 aromatic rings. The van der Waals surface area contributed by atoms with Gasteiger partial charge in [-0.3, -0.25) is 4.98 Å².